The maximum absolute atomic E-state index is 12.9. The second-order valence-electron chi connectivity index (χ2n) is 6.19. The number of aryl methyl sites for hydroxylation is 1. The van der Waals surface area contributed by atoms with Gasteiger partial charge in [0, 0.05) is 30.1 Å². The zero-order valence-corrected chi connectivity index (χ0v) is 14.7. The van der Waals surface area contributed by atoms with Gasteiger partial charge in [-0.25, -0.2) is 9.78 Å². The molecule has 1 aromatic heterocycles. The van der Waals surface area contributed by atoms with Crippen molar-refractivity contribution in [2.45, 2.75) is 32.6 Å². The largest absolute Gasteiger partial charge is 0.327 e. The van der Waals surface area contributed by atoms with Crippen LogP contribution in [0.5, 0.6) is 0 Å². The van der Waals surface area contributed by atoms with Crippen LogP contribution in [0.3, 0.4) is 0 Å². The molecule has 2 aromatic rings. The number of urea groups is 1. The molecule has 1 saturated carbocycles. The number of amides is 2. The molecule has 1 aliphatic rings. The van der Waals surface area contributed by atoms with Gasteiger partial charge in [-0.1, -0.05) is 24.5 Å². The molecule has 24 heavy (non-hydrogen) atoms. The first-order valence-corrected chi connectivity index (χ1v) is 9.03. The lowest BCUT2D eigenvalue weighted by Gasteiger charge is -2.22. The predicted octanol–water partition coefficient (Wildman–Crippen LogP) is 4.49. The van der Waals surface area contributed by atoms with E-state index in [0.29, 0.717) is 16.4 Å². The molecule has 1 N–H and O–H groups in total. The highest BCUT2D eigenvalue weighted by Gasteiger charge is 2.27. The van der Waals surface area contributed by atoms with E-state index in [1.54, 1.807) is 18.6 Å². The first-order valence-electron chi connectivity index (χ1n) is 8.15. The van der Waals surface area contributed by atoms with Crippen molar-refractivity contribution in [1.82, 2.24) is 4.98 Å². The van der Waals surface area contributed by atoms with Gasteiger partial charge in [-0.3, -0.25) is 15.0 Å². The second kappa shape index (κ2) is 7.13. The van der Waals surface area contributed by atoms with E-state index in [2.05, 4.69) is 10.3 Å². The molecular formula is C18H21N3O2S. The Morgan fingerprint density at radius 1 is 1.29 bits per heavy atom. The van der Waals surface area contributed by atoms with Gasteiger partial charge in [0.05, 0.1) is 5.69 Å². The number of carbonyl (C=O) groups excluding carboxylic acids is 2. The van der Waals surface area contributed by atoms with E-state index < -0.39 is 0 Å². The van der Waals surface area contributed by atoms with E-state index in [-0.39, 0.29) is 17.7 Å². The fourth-order valence-electron chi connectivity index (χ4n) is 3.12. The standard InChI is InChI=1S/C18H21N3O2S/c1-12-7-8-15(14(11-12)16(22)13-5-3-4-6-13)21(2)18(23)20-17-19-9-10-24-17/h7-11,13H,3-6H2,1-2H3,(H,19,20,23). The molecule has 3 rings (SSSR count). The molecule has 0 aliphatic heterocycles. The minimum atomic E-state index is -0.297. The molecular weight excluding hydrogens is 322 g/mol. The minimum Gasteiger partial charge on any atom is -0.296 e. The summed E-state index contributed by atoms with van der Waals surface area (Å²) >= 11 is 1.36. The first-order chi connectivity index (χ1) is 11.6. The Morgan fingerprint density at radius 2 is 2.04 bits per heavy atom. The third kappa shape index (κ3) is 3.48. The van der Waals surface area contributed by atoms with Crippen LogP contribution in [0.4, 0.5) is 15.6 Å². The number of hydrogen-bond donors (Lipinski definition) is 1. The number of thiazole rings is 1. The molecule has 0 spiro atoms. The van der Waals surface area contributed by atoms with Gasteiger partial charge in [-0.15, -0.1) is 11.3 Å². The van der Waals surface area contributed by atoms with E-state index in [1.807, 2.05) is 25.1 Å². The summed E-state index contributed by atoms with van der Waals surface area (Å²) in [4.78, 5) is 30.9. The van der Waals surface area contributed by atoms with Crippen LogP contribution in [0.15, 0.2) is 29.8 Å². The molecule has 0 bridgehead atoms. The Kier molecular flexibility index (Phi) is 4.94. The predicted molar refractivity (Wildman–Crippen MR) is 97.0 cm³/mol. The topological polar surface area (TPSA) is 62.3 Å². The first kappa shape index (κ1) is 16.6. The summed E-state index contributed by atoms with van der Waals surface area (Å²) in [6.45, 7) is 1.96. The number of carbonyl (C=O) groups is 2. The van der Waals surface area contributed by atoms with E-state index in [0.717, 1.165) is 31.2 Å². The average Bonchev–Trinajstić information content (AvgIpc) is 3.27. The molecule has 1 heterocycles. The number of nitrogens with zero attached hydrogens (tertiary/aromatic N) is 2. The molecule has 126 valence electrons. The minimum absolute atomic E-state index is 0.0842. The third-order valence-electron chi connectivity index (χ3n) is 4.46. The van der Waals surface area contributed by atoms with Crippen molar-refractivity contribution in [2.75, 3.05) is 17.3 Å². The average molecular weight is 343 g/mol. The molecule has 5 nitrogen and oxygen atoms in total. The lowest BCUT2D eigenvalue weighted by atomic mass is 9.93. The van der Waals surface area contributed by atoms with Gasteiger partial charge in [0.1, 0.15) is 0 Å². The molecule has 1 aliphatic carbocycles. The Hall–Kier alpha value is -2.21. The van der Waals surface area contributed by atoms with Gasteiger partial charge >= 0.3 is 6.03 Å². The summed E-state index contributed by atoms with van der Waals surface area (Å²) in [5, 5.41) is 5.10. The fraction of sp³-hybridized carbons (Fsp3) is 0.389. The van der Waals surface area contributed by atoms with Crippen molar-refractivity contribution in [3.8, 4) is 0 Å². The summed E-state index contributed by atoms with van der Waals surface area (Å²) in [6, 6.07) is 5.37. The number of nitrogens with one attached hydrogen (secondary N) is 1. The highest BCUT2D eigenvalue weighted by atomic mass is 32.1. The van der Waals surface area contributed by atoms with Crippen LogP contribution in [0.1, 0.15) is 41.6 Å². The van der Waals surface area contributed by atoms with Crippen molar-refractivity contribution in [3.05, 3.63) is 40.9 Å². The maximum atomic E-state index is 12.9. The van der Waals surface area contributed by atoms with Crippen molar-refractivity contribution in [1.29, 1.82) is 0 Å². The smallest absolute Gasteiger partial charge is 0.296 e. The zero-order chi connectivity index (χ0) is 17.1. The summed E-state index contributed by atoms with van der Waals surface area (Å²) in [5.41, 5.74) is 2.30. The quantitative estimate of drug-likeness (QED) is 0.832. The number of Topliss-reactive ketones (excluding diaryl/α,β-unsaturated/α-hetero) is 1. The highest BCUT2D eigenvalue weighted by molar-refractivity contribution is 7.13. The van der Waals surface area contributed by atoms with Crippen LogP contribution in [0.2, 0.25) is 0 Å². The van der Waals surface area contributed by atoms with Gasteiger partial charge in [-0.2, -0.15) is 0 Å². The molecule has 0 atom stereocenters. The van der Waals surface area contributed by atoms with Gasteiger partial charge in [0.2, 0.25) is 0 Å². The van der Waals surface area contributed by atoms with Crippen LogP contribution in [-0.4, -0.2) is 23.8 Å². The monoisotopic (exact) mass is 343 g/mol. The third-order valence-corrected chi connectivity index (χ3v) is 5.14. The summed E-state index contributed by atoms with van der Waals surface area (Å²) in [5.74, 6) is 0.237. The number of rotatable bonds is 4. The maximum Gasteiger partial charge on any atom is 0.327 e. The van der Waals surface area contributed by atoms with E-state index in [1.165, 1.54) is 16.2 Å². The Balaban J connectivity index is 1.86. The lowest BCUT2D eigenvalue weighted by molar-refractivity contribution is 0.0923. The van der Waals surface area contributed by atoms with Crippen LogP contribution in [-0.2, 0) is 0 Å². The zero-order valence-electron chi connectivity index (χ0n) is 13.9. The van der Waals surface area contributed by atoms with E-state index >= 15 is 0 Å². The fourth-order valence-corrected chi connectivity index (χ4v) is 3.64. The molecule has 2 amide bonds. The molecule has 0 radical (unpaired) electrons. The van der Waals surface area contributed by atoms with Crippen LogP contribution in [0.25, 0.3) is 0 Å². The van der Waals surface area contributed by atoms with Crippen molar-refractivity contribution in [2.24, 2.45) is 5.92 Å². The van der Waals surface area contributed by atoms with Crippen molar-refractivity contribution >= 4 is 34.0 Å². The van der Waals surface area contributed by atoms with E-state index in [9.17, 15) is 9.59 Å². The van der Waals surface area contributed by atoms with Gasteiger partial charge < -0.3 is 0 Å². The molecule has 0 saturated heterocycles. The Morgan fingerprint density at radius 3 is 2.71 bits per heavy atom. The molecule has 1 fully saturated rings. The van der Waals surface area contributed by atoms with Crippen molar-refractivity contribution in [3.63, 3.8) is 0 Å². The highest BCUT2D eigenvalue weighted by Crippen LogP contribution is 2.32. The van der Waals surface area contributed by atoms with Crippen molar-refractivity contribution < 1.29 is 9.59 Å². The Bertz CT molecular complexity index is 737. The second-order valence-corrected chi connectivity index (χ2v) is 7.09. The number of anilines is 2. The van der Waals surface area contributed by atoms with Gasteiger partial charge in [-0.05, 0) is 31.9 Å². The van der Waals surface area contributed by atoms with E-state index in [4.69, 9.17) is 0 Å². The summed E-state index contributed by atoms with van der Waals surface area (Å²) in [6.07, 6.45) is 5.75. The Labute approximate surface area is 145 Å². The normalized spacial score (nSPS) is 14.6. The number of benzene rings is 1. The van der Waals surface area contributed by atoms with Crippen LogP contribution < -0.4 is 10.2 Å². The molecule has 6 heteroatoms. The number of hydrogen-bond acceptors (Lipinski definition) is 4. The number of aromatic nitrogens is 1. The number of ketones is 1. The van der Waals surface area contributed by atoms with Gasteiger partial charge in [0.15, 0.2) is 10.9 Å². The van der Waals surface area contributed by atoms with Crippen LogP contribution >= 0.6 is 11.3 Å². The van der Waals surface area contributed by atoms with Crippen LogP contribution in [0, 0.1) is 12.8 Å². The van der Waals surface area contributed by atoms with Gasteiger partial charge in [0.25, 0.3) is 0 Å². The lowest BCUT2D eigenvalue weighted by Crippen LogP contribution is -2.32. The summed E-state index contributed by atoms with van der Waals surface area (Å²) in [7, 11) is 1.68. The molecule has 0 unspecified atom stereocenters. The SMILES string of the molecule is Cc1ccc(N(C)C(=O)Nc2nccs2)c(C(=O)C2CCCC2)c1. The molecule has 1 aromatic carbocycles. The summed E-state index contributed by atoms with van der Waals surface area (Å²) < 4.78 is 0.